The molecule has 6 nitrogen and oxygen atoms in total. The summed E-state index contributed by atoms with van der Waals surface area (Å²) in [6.45, 7) is 6.80. The topological polar surface area (TPSA) is 75.7 Å². The lowest BCUT2D eigenvalue weighted by Crippen LogP contribution is -2.28. The zero-order chi connectivity index (χ0) is 20.1. The van der Waals surface area contributed by atoms with Crippen LogP contribution in [0.2, 0.25) is 0 Å². The van der Waals surface area contributed by atoms with Crippen molar-refractivity contribution >= 4 is 21.6 Å². The number of carbonyl (C=O) groups is 1. The number of hydrogen-bond acceptors (Lipinski definition) is 4. The van der Waals surface area contributed by atoms with E-state index in [4.69, 9.17) is 4.74 Å². The minimum Gasteiger partial charge on any atom is -0.489 e. The fourth-order valence-electron chi connectivity index (χ4n) is 3.10. The lowest BCUT2D eigenvalue weighted by atomic mass is 10.1. The van der Waals surface area contributed by atoms with E-state index in [1.165, 1.54) is 10.4 Å². The van der Waals surface area contributed by atoms with Crippen LogP contribution in [0.15, 0.2) is 60.0 Å². The summed E-state index contributed by atoms with van der Waals surface area (Å²) in [5.74, 6) is 0.247. The molecule has 0 unspecified atom stereocenters. The number of rotatable bonds is 7. The number of carbonyl (C=O) groups excluding carboxylic acids is 1. The van der Waals surface area contributed by atoms with Gasteiger partial charge in [0.2, 0.25) is 10.0 Å². The first-order valence-corrected chi connectivity index (χ1v) is 10.6. The van der Waals surface area contributed by atoms with Crippen molar-refractivity contribution in [3.05, 3.63) is 66.2 Å². The number of amides is 1. The summed E-state index contributed by atoms with van der Waals surface area (Å²) in [6.07, 6.45) is 3.37. The Morgan fingerprint density at radius 3 is 2.68 bits per heavy atom. The van der Waals surface area contributed by atoms with Gasteiger partial charge in [0.25, 0.3) is 5.91 Å². The average molecular weight is 401 g/mol. The third-order valence-corrected chi connectivity index (χ3v) is 6.51. The minimum absolute atomic E-state index is 0.146. The number of nitrogens with one attached hydrogen (secondary N) is 1. The van der Waals surface area contributed by atoms with E-state index in [1.807, 2.05) is 0 Å². The maximum Gasteiger partial charge on any atom is 0.255 e. The third-order valence-electron chi connectivity index (χ3n) is 4.62. The number of benzene rings is 2. The van der Waals surface area contributed by atoms with Crippen molar-refractivity contribution in [1.29, 1.82) is 0 Å². The van der Waals surface area contributed by atoms with Gasteiger partial charge in [0.15, 0.2) is 0 Å². The van der Waals surface area contributed by atoms with Crippen molar-refractivity contribution in [2.45, 2.75) is 24.7 Å². The van der Waals surface area contributed by atoms with Crippen LogP contribution in [0.3, 0.4) is 0 Å². The van der Waals surface area contributed by atoms with Gasteiger partial charge in [0.05, 0.1) is 4.90 Å². The van der Waals surface area contributed by atoms with Crippen LogP contribution in [-0.4, -0.2) is 38.3 Å². The number of aryl methyl sites for hydroxylation is 1. The number of hydrogen-bond donors (Lipinski definition) is 1. The molecule has 1 aliphatic heterocycles. The van der Waals surface area contributed by atoms with Crippen molar-refractivity contribution in [3.8, 4) is 5.75 Å². The van der Waals surface area contributed by atoms with E-state index in [0.29, 0.717) is 42.3 Å². The molecule has 7 heteroatoms. The SMILES string of the molecule is C=CCOc1cccc(NC(=O)c2cc(S(=O)(=O)N3CCCC3)ccc2C)c1. The zero-order valence-corrected chi connectivity index (χ0v) is 16.7. The van der Waals surface area contributed by atoms with Gasteiger partial charge in [0, 0.05) is 30.4 Å². The largest absolute Gasteiger partial charge is 0.489 e. The van der Waals surface area contributed by atoms with E-state index in [9.17, 15) is 13.2 Å². The van der Waals surface area contributed by atoms with Gasteiger partial charge in [-0.05, 0) is 49.6 Å². The summed E-state index contributed by atoms with van der Waals surface area (Å²) in [5, 5.41) is 2.81. The van der Waals surface area contributed by atoms with E-state index >= 15 is 0 Å². The van der Waals surface area contributed by atoms with E-state index < -0.39 is 10.0 Å². The van der Waals surface area contributed by atoms with Gasteiger partial charge < -0.3 is 10.1 Å². The zero-order valence-electron chi connectivity index (χ0n) is 15.8. The second-order valence-corrected chi connectivity index (χ2v) is 8.61. The Morgan fingerprint density at radius 1 is 1.21 bits per heavy atom. The molecule has 3 rings (SSSR count). The summed E-state index contributed by atoms with van der Waals surface area (Å²) in [6, 6.07) is 11.7. The first-order chi connectivity index (χ1) is 13.4. The molecule has 0 aromatic heterocycles. The van der Waals surface area contributed by atoms with Crippen molar-refractivity contribution < 1.29 is 17.9 Å². The molecule has 28 heavy (non-hydrogen) atoms. The summed E-state index contributed by atoms with van der Waals surface area (Å²) >= 11 is 0. The van der Waals surface area contributed by atoms with Crippen LogP contribution in [0, 0.1) is 6.92 Å². The molecule has 1 saturated heterocycles. The van der Waals surface area contributed by atoms with Crippen LogP contribution in [0.1, 0.15) is 28.8 Å². The standard InChI is InChI=1S/C21H24N2O4S/c1-3-13-27-18-8-6-7-17(14-18)22-21(24)20-15-19(10-9-16(20)2)28(25,26)23-11-4-5-12-23/h3,6-10,14-15H,1,4-5,11-13H2,2H3,(H,22,24). The molecule has 0 aliphatic carbocycles. The van der Waals surface area contributed by atoms with Gasteiger partial charge in [0.1, 0.15) is 12.4 Å². The molecule has 0 radical (unpaired) electrons. The maximum absolute atomic E-state index is 12.8. The Balaban J connectivity index is 1.83. The van der Waals surface area contributed by atoms with Crippen molar-refractivity contribution in [3.63, 3.8) is 0 Å². The molecule has 2 aromatic carbocycles. The lowest BCUT2D eigenvalue weighted by Gasteiger charge is -2.17. The molecule has 148 valence electrons. The van der Waals surface area contributed by atoms with Crippen LogP contribution in [0.4, 0.5) is 5.69 Å². The highest BCUT2D eigenvalue weighted by molar-refractivity contribution is 7.89. The van der Waals surface area contributed by atoms with Crippen LogP contribution < -0.4 is 10.1 Å². The van der Waals surface area contributed by atoms with Gasteiger partial charge >= 0.3 is 0 Å². The quantitative estimate of drug-likeness (QED) is 0.721. The Bertz CT molecular complexity index is 980. The van der Waals surface area contributed by atoms with E-state index in [-0.39, 0.29) is 10.8 Å². The molecular formula is C21H24N2O4S. The lowest BCUT2D eigenvalue weighted by molar-refractivity contribution is 0.102. The van der Waals surface area contributed by atoms with Crippen LogP contribution in [-0.2, 0) is 10.0 Å². The molecule has 0 spiro atoms. The van der Waals surface area contributed by atoms with Crippen molar-refractivity contribution in [2.24, 2.45) is 0 Å². The molecule has 0 atom stereocenters. The highest BCUT2D eigenvalue weighted by Gasteiger charge is 2.28. The first-order valence-electron chi connectivity index (χ1n) is 9.18. The second-order valence-electron chi connectivity index (χ2n) is 6.67. The Kier molecular flexibility index (Phi) is 6.16. The molecule has 2 aromatic rings. The number of sulfonamides is 1. The molecule has 0 bridgehead atoms. The highest BCUT2D eigenvalue weighted by Crippen LogP contribution is 2.24. The van der Waals surface area contributed by atoms with Crippen LogP contribution in [0.25, 0.3) is 0 Å². The fraction of sp³-hybridized carbons (Fsp3) is 0.286. The number of ether oxygens (including phenoxy) is 1. The summed E-state index contributed by atoms with van der Waals surface area (Å²) in [5.41, 5.74) is 1.60. The average Bonchev–Trinajstić information content (AvgIpc) is 3.22. The molecule has 1 heterocycles. The van der Waals surface area contributed by atoms with E-state index in [2.05, 4.69) is 11.9 Å². The predicted molar refractivity (Wildman–Crippen MR) is 109 cm³/mol. The Morgan fingerprint density at radius 2 is 1.96 bits per heavy atom. The minimum atomic E-state index is -3.58. The van der Waals surface area contributed by atoms with E-state index in [1.54, 1.807) is 49.4 Å². The fourth-order valence-corrected chi connectivity index (χ4v) is 4.64. The molecule has 0 saturated carbocycles. The molecule has 1 N–H and O–H groups in total. The normalized spacial score (nSPS) is 14.6. The Hall–Kier alpha value is -2.64. The monoisotopic (exact) mass is 400 g/mol. The van der Waals surface area contributed by atoms with Gasteiger partial charge in [-0.3, -0.25) is 4.79 Å². The van der Waals surface area contributed by atoms with Gasteiger partial charge in [-0.2, -0.15) is 4.31 Å². The summed E-state index contributed by atoms with van der Waals surface area (Å²) in [7, 11) is -3.58. The van der Waals surface area contributed by atoms with Crippen molar-refractivity contribution in [2.75, 3.05) is 25.0 Å². The molecule has 1 amide bonds. The first kappa shape index (κ1) is 20.1. The van der Waals surface area contributed by atoms with E-state index in [0.717, 1.165) is 12.8 Å². The highest BCUT2D eigenvalue weighted by atomic mass is 32.2. The van der Waals surface area contributed by atoms with Gasteiger partial charge in [-0.1, -0.05) is 24.8 Å². The summed E-state index contributed by atoms with van der Waals surface area (Å²) < 4.78 is 32.5. The van der Waals surface area contributed by atoms with Crippen LogP contribution in [0.5, 0.6) is 5.75 Å². The smallest absolute Gasteiger partial charge is 0.255 e. The summed E-state index contributed by atoms with van der Waals surface area (Å²) in [4.78, 5) is 12.9. The molecule has 1 aliphatic rings. The van der Waals surface area contributed by atoms with Crippen molar-refractivity contribution in [1.82, 2.24) is 4.31 Å². The number of anilines is 1. The van der Waals surface area contributed by atoms with Crippen LogP contribution >= 0.6 is 0 Å². The second kappa shape index (κ2) is 8.58. The number of nitrogens with zero attached hydrogens (tertiary/aromatic N) is 1. The Labute approximate surface area is 165 Å². The van der Waals surface area contributed by atoms with Gasteiger partial charge in [-0.15, -0.1) is 0 Å². The molecular weight excluding hydrogens is 376 g/mol. The molecule has 1 fully saturated rings. The predicted octanol–water partition coefficient (Wildman–Crippen LogP) is 3.60. The van der Waals surface area contributed by atoms with Gasteiger partial charge in [-0.25, -0.2) is 8.42 Å². The maximum atomic E-state index is 12.8. The third kappa shape index (κ3) is 4.43.